The van der Waals surface area contributed by atoms with Crippen molar-refractivity contribution in [2.75, 3.05) is 0 Å². The highest BCUT2D eigenvalue weighted by Crippen LogP contribution is 2.23. The van der Waals surface area contributed by atoms with Crippen LogP contribution in [0.2, 0.25) is 0 Å². The van der Waals surface area contributed by atoms with Crippen LogP contribution >= 0.6 is 0 Å². The van der Waals surface area contributed by atoms with Crippen LogP contribution in [0, 0.1) is 20.8 Å². The van der Waals surface area contributed by atoms with Gasteiger partial charge in [-0.1, -0.05) is 17.7 Å². The van der Waals surface area contributed by atoms with Gasteiger partial charge in [-0.3, -0.25) is 0 Å². The van der Waals surface area contributed by atoms with E-state index in [2.05, 4.69) is 32.9 Å². The minimum Gasteiger partial charge on any atom is -0.374 e. The van der Waals surface area contributed by atoms with Crippen LogP contribution < -0.4 is 5.73 Å². The van der Waals surface area contributed by atoms with Gasteiger partial charge in [0.15, 0.2) is 0 Å². The van der Waals surface area contributed by atoms with Crippen molar-refractivity contribution in [1.29, 1.82) is 0 Å². The molecular formula is C16H25NO. The molecule has 0 bridgehead atoms. The van der Waals surface area contributed by atoms with Crippen LogP contribution in [-0.4, -0.2) is 12.1 Å². The zero-order valence-corrected chi connectivity index (χ0v) is 11.8. The van der Waals surface area contributed by atoms with E-state index in [0.717, 1.165) is 32.3 Å². The number of benzene rings is 1. The smallest absolute Gasteiger partial charge is 0.0725 e. The summed E-state index contributed by atoms with van der Waals surface area (Å²) in [6.45, 7) is 7.25. The van der Waals surface area contributed by atoms with Crippen LogP contribution in [0.3, 0.4) is 0 Å². The van der Waals surface area contributed by atoms with E-state index in [-0.39, 0.29) is 0 Å². The fourth-order valence-electron chi connectivity index (χ4n) is 2.89. The average Bonchev–Trinajstić information content (AvgIpc) is 2.30. The highest BCUT2D eigenvalue weighted by atomic mass is 16.5. The van der Waals surface area contributed by atoms with E-state index in [9.17, 15) is 0 Å². The quantitative estimate of drug-likeness (QED) is 0.888. The Kier molecular flexibility index (Phi) is 4.41. The van der Waals surface area contributed by atoms with Crippen molar-refractivity contribution in [3.05, 3.63) is 34.4 Å². The largest absolute Gasteiger partial charge is 0.374 e. The van der Waals surface area contributed by atoms with Gasteiger partial charge in [0.25, 0.3) is 0 Å². The summed E-state index contributed by atoms with van der Waals surface area (Å²) in [7, 11) is 0. The summed E-state index contributed by atoms with van der Waals surface area (Å²) in [6.07, 6.45) is 4.86. The van der Waals surface area contributed by atoms with Crippen LogP contribution in [0.5, 0.6) is 0 Å². The lowest BCUT2D eigenvalue weighted by atomic mass is 9.93. The molecule has 0 spiro atoms. The van der Waals surface area contributed by atoms with Gasteiger partial charge >= 0.3 is 0 Å². The molecular weight excluding hydrogens is 222 g/mol. The molecule has 2 heteroatoms. The second-order valence-corrected chi connectivity index (χ2v) is 5.73. The van der Waals surface area contributed by atoms with Crippen molar-refractivity contribution >= 4 is 0 Å². The van der Waals surface area contributed by atoms with Crippen LogP contribution in [-0.2, 0) is 11.3 Å². The molecule has 1 aliphatic carbocycles. The Labute approximate surface area is 111 Å². The molecule has 1 aliphatic rings. The van der Waals surface area contributed by atoms with Gasteiger partial charge in [0.05, 0.1) is 12.7 Å². The van der Waals surface area contributed by atoms with Crippen molar-refractivity contribution in [3.8, 4) is 0 Å². The molecule has 1 fully saturated rings. The first kappa shape index (κ1) is 13.6. The third-order valence-corrected chi connectivity index (χ3v) is 4.02. The lowest BCUT2D eigenvalue weighted by Crippen LogP contribution is -2.30. The first-order chi connectivity index (χ1) is 8.56. The Morgan fingerprint density at radius 3 is 2.17 bits per heavy atom. The van der Waals surface area contributed by atoms with E-state index < -0.39 is 0 Å². The Morgan fingerprint density at radius 2 is 1.61 bits per heavy atom. The molecule has 2 N–H and O–H groups in total. The van der Waals surface area contributed by atoms with Gasteiger partial charge in [0.2, 0.25) is 0 Å². The standard InChI is InChI=1S/C16H25NO/c1-11-8-12(2)16(13(3)9-11)10-18-15-6-4-14(17)5-7-15/h8-9,14-15H,4-7,10,17H2,1-3H3. The lowest BCUT2D eigenvalue weighted by molar-refractivity contribution is 0.0134. The molecule has 1 aromatic carbocycles. The summed E-state index contributed by atoms with van der Waals surface area (Å²) < 4.78 is 6.06. The van der Waals surface area contributed by atoms with Crippen LogP contribution in [0.1, 0.15) is 47.9 Å². The van der Waals surface area contributed by atoms with Crippen LogP contribution in [0.15, 0.2) is 12.1 Å². The summed E-state index contributed by atoms with van der Waals surface area (Å²) in [5.41, 5.74) is 11.3. The summed E-state index contributed by atoms with van der Waals surface area (Å²) >= 11 is 0. The molecule has 0 aliphatic heterocycles. The van der Waals surface area contributed by atoms with Gasteiger partial charge in [-0.25, -0.2) is 0 Å². The molecule has 2 nitrogen and oxygen atoms in total. The summed E-state index contributed by atoms with van der Waals surface area (Å²) in [6, 6.07) is 4.87. The third-order valence-electron chi connectivity index (χ3n) is 4.02. The molecule has 2 rings (SSSR count). The van der Waals surface area contributed by atoms with Crippen molar-refractivity contribution in [2.24, 2.45) is 5.73 Å². The van der Waals surface area contributed by atoms with Gasteiger partial charge in [-0.2, -0.15) is 0 Å². The van der Waals surface area contributed by atoms with Crippen LogP contribution in [0.25, 0.3) is 0 Å². The first-order valence-corrected chi connectivity index (χ1v) is 7.00. The number of nitrogens with two attached hydrogens (primary N) is 1. The predicted octanol–water partition coefficient (Wildman–Crippen LogP) is 3.40. The molecule has 0 radical (unpaired) electrons. The maximum atomic E-state index is 6.06. The van der Waals surface area contributed by atoms with Gasteiger partial charge in [-0.15, -0.1) is 0 Å². The Morgan fingerprint density at radius 1 is 1.06 bits per heavy atom. The number of hydrogen-bond donors (Lipinski definition) is 1. The SMILES string of the molecule is Cc1cc(C)c(COC2CCC(N)CC2)c(C)c1. The summed E-state index contributed by atoms with van der Waals surface area (Å²) in [5.74, 6) is 0. The second kappa shape index (κ2) is 5.85. The van der Waals surface area contributed by atoms with Gasteiger partial charge in [0.1, 0.15) is 0 Å². The van der Waals surface area contributed by atoms with E-state index in [1.54, 1.807) is 0 Å². The van der Waals surface area contributed by atoms with E-state index in [4.69, 9.17) is 10.5 Å². The monoisotopic (exact) mass is 247 g/mol. The highest BCUT2D eigenvalue weighted by molar-refractivity contribution is 5.36. The lowest BCUT2D eigenvalue weighted by Gasteiger charge is -2.26. The maximum Gasteiger partial charge on any atom is 0.0725 e. The highest BCUT2D eigenvalue weighted by Gasteiger charge is 2.19. The van der Waals surface area contributed by atoms with E-state index in [1.165, 1.54) is 22.3 Å². The zero-order valence-electron chi connectivity index (χ0n) is 11.8. The first-order valence-electron chi connectivity index (χ1n) is 7.00. The van der Waals surface area contributed by atoms with Crippen molar-refractivity contribution in [1.82, 2.24) is 0 Å². The molecule has 0 saturated heterocycles. The molecule has 1 aromatic rings. The number of ether oxygens (including phenoxy) is 1. The minimum atomic E-state index is 0.396. The van der Waals surface area contributed by atoms with Crippen molar-refractivity contribution in [2.45, 2.75) is 65.2 Å². The Balaban J connectivity index is 1.94. The Hall–Kier alpha value is -0.860. The normalized spacial score (nSPS) is 24.2. The van der Waals surface area contributed by atoms with Gasteiger partial charge in [-0.05, 0) is 63.1 Å². The topological polar surface area (TPSA) is 35.2 Å². The molecule has 0 atom stereocenters. The van der Waals surface area contributed by atoms with E-state index >= 15 is 0 Å². The zero-order chi connectivity index (χ0) is 13.1. The molecule has 0 aromatic heterocycles. The molecule has 18 heavy (non-hydrogen) atoms. The van der Waals surface area contributed by atoms with E-state index in [1.807, 2.05) is 0 Å². The molecule has 0 heterocycles. The fraction of sp³-hybridized carbons (Fsp3) is 0.625. The molecule has 1 saturated carbocycles. The maximum absolute atomic E-state index is 6.06. The van der Waals surface area contributed by atoms with E-state index in [0.29, 0.717) is 12.1 Å². The third kappa shape index (κ3) is 3.33. The minimum absolute atomic E-state index is 0.396. The number of hydrogen-bond acceptors (Lipinski definition) is 2. The predicted molar refractivity (Wildman–Crippen MR) is 75.7 cm³/mol. The molecule has 0 amide bonds. The average molecular weight is 247 g/mol. The van der Waals surface area contributed by atoms with Crippen LogP contribution in [0.4, 0.5) is 0 Å². The van der Waals surface area contributed by atoms with Gasteiger partial charge in [0, 0.05) is 6.04 Å². The Bertz CT molecular complexity index is 383. The second-order valence-electron chi connectivity index (χ2n) is 5.73. The summed E-state index contributed by atoms with van der Waals surface area (Å²) in [5, 5.41) is 0. The fourth-order valence-corrected chi connectivity index (χ4v) is 2.89. The molecule has 0 unspecified atom stereocenters. The number of rotatable bonds is 3. The summed E-state index contributed by atoms with van der Waals surface area (Å²) in [4.78, 5) is 0. The van der Waals surface area contributed by atoms with Gasteiger partial charge < -0.3 is 10.5 Å². The number of aryl methyl sites for hydroxylation is 3. The van der Waals surface area contributed by atoms with Crippen molar-refractivity contribution in [3.63, 3.8) is 0 Å². The molecule has 100 valence electrons. The van der Waals surface area contributed by atoms with Crippen molar-refractivity contribution < 1.29 is 4.74 Å².